The van der Waals surface area contributed by atoms with Crippen LogP contribution < -0.4 is 0 Å². The molecule has 84 valence electrons. The number of nitriles is 1. The molecule has 1 unspecified atom stereocenters. The van der Waals surface area contributed by atoms with E-state index in [9.17, 15) is 4.39 Å². The van der Waals surface area contributed by atoms with Crippen LogP contribution in [0.15, 0.2) is 12.1 Å². The average Bonchev–Trinajstić information content (AvgIpc) is 2.28. The summed E-state index contributed by atoms with van der Waals surface area (Å²) in [6, 6.07) is 5.52. The molecule has 0 fully saturated rings. The summed E-state index contributed by atoms with van der Waals surface area (Å²) in [4.78, 5) is 0. The van der Waals surface area contributed by atoms with Crippen molar-refractivity contribution >= 4 is 11.9 Å². The lowest BCUT2D eigenvalue weighted by molar-refractivity contribution is 0.335. The van der Waals surface area contributed by atoms with Gasteiger partial charge in [-0.2, -0.15) is 5.26 Å². The van der Waals surface area contributed by atoms with Crippen LogP contribution in [0.4, 0.5) is 4.39 Å². The maximum Gasteiger partial charge on any atom is 0.129 e. The van der Waals surface area contributed by atoms with Gasteiger partial charge in [-0.15, -0.1) is 0 Å². The molecule has 0 radical (unpaired) electrons. The number of halogens is 1. The molecule has 0 aliphatic carbocycles. The molecule has 0 N–H and O–H groups in total. The summed E-state index contributed by atoms with van der Waals surface area (Å²) in [5.74, 6) is -0.250. The molecule has 0 spiro atoms. The fraction of sp³-hybridized carbons (Fsp3) is 0.417. The number of hydrogen-bond acceptors (Lipinski definition) is 3. The van der Waals surface area contributed by atoms with Crippen LogP contribution in [-0.2, 0) is 13.0 Å². The summed E-state index contributed by atoms with van der Waals surface area (Å²) in [5, 5.41) is 8.80. The molecular weight excluding hydrogens is 223 g/mol. The van der Waals surface area contributed by atoms with Crippen LogP contribution in [0.5, 0.6) is 0 Å². The van der Waals surface area contributed by atoms with Gasteiger partial charge in [0, 0.05) is 18.2 Å². The molecule has 16 heavy (non-hydrogen) atoms. The van der Waals surface area contributed by atoms with E-state index >= 15 is 0 Å². The van der Waals surface area contributed by atoms with Gasteiger partial charge in [-0.25, -0.2) is 8.70 Å². The fourth-order valence-electron chi connectivity index (χ4n) is 2.09. The molecule has 4 heteroatoms. The highest BCUT2D eigenvalue weighted by atomic mass is 32.2. The largest absolute Gasteiger partial charge is 0.243 e. The third-order valence-corrected chi connectivity index (χ3v) is 3.93. The van der Waals surface area contributed by atoms with Gasteiger partial charge in [-0.3, -0.25) is 0 Å². The molecule has 0 amide bonds. The summed E-state index contributed by atoms with van der Waals surface area (Å²) < 4.78 is 15.9. The zero-order chi connectivity index (χ0) is 11.7. The van der Waals surface area contributed by atoms with Crippen LogP contribution in [-0.4, -0.2) is 16.6 Å². The quantitative estimate of drug-likeness (QED) is 0.701. The van der Waals surface area contributed by atoms with Crippen LogP contribution in [0, 0.1) is 17.1 Å². The number of hydrogen-bond donors (Lipinski definition) is 0. The zero-order valence-electron chi connectivity index (χ0n) is 9.33. The Labute approximate surface area is 99.2 Å². The Morgan fingerprint density at radius 3 is 2.94 bits per heavy atom. The highest BCUT2D eigenvalue weighted by Gasteiger charge is 2.25. The standard InChI is InChI=1S/C12H13FN2S/c1-8-3-10-4-9(6-14)5-12(13)11(10)7-15(8)16-2/h4-5,8H,3,7H2,1-2H3. The van der Waals surface area contributed by atoms with Crippen molar-refractivity contribution in [3.8, 4) is 6.07 Å². The fourth-order valence-corrected chi connectivity index (χ4v) is 2.79. The first-order valence-electron chi connectivity index (χ1n) is 5.18. The van der Waals surface area contributed by atoms with E-state index in [1.54, 1.807) is 11.9 Å². The molecule has 1 aliphatic rings. The Hall–Kier alpha value is -1.05. The molecule has 1 aromatic carbocycles. The van der Waals surface area contributed by atoms with Gasteiger partial charge in [0.05, 0.1) is 11.6 Å². The van der Waals surface area contributed by atoms with Crippen molar-refractivity contribution < 1.29 is 4.39 Å². The van der Waals surface area contributed by atoms with Gasteiger partial charge in [0.1, 0.15) is 5.82 Å². The molecule has 2 nitrogen and oxygen atoms in total. The number of rotatable bonds is 1. The van der Waals surface area contributed by atoms with Crippen molar-refractivity contribution in [3.63, 3.8) is 0 Å². The van der Waals surface area contributed by atoms with Gasteiger partial charge >= 0.3 is 0 Å². The number of fused-ring (bicyclic) bond motifs is 1. The minimum Gasteiger partial charge on any atom is -0.243 e. The molecule has 0 aromatic heterocycles. The summed E-state index contributed by atoms with van der Waals surface area (Å²) in [5.41, 5.74) is 2.14. The van der Waals surface area contributed by atoms with Crippen LogP contribution in [0.3, 0.4) is 0 Å². The first kappa shape index (κ1) is 11.4. The molecule has 1 atom stereocenters. The summed E-state index contributed by atoms with van der Waals surface area (Å²) >= 11 is 1.64. The average molecular weight is 236 g/mol. The van der Waals surface area contributed by atoms with Crippen molar-refractivity contribution in [3.05, 3.63) is 34.6 Å². The lowest BCUT2D eigenvalue weighted by Gasteiger charge is -2.33. The second kappa shape index (κ2) is 4.44. The molecule has 0 saturated carbocycles. The van der Waals surface area contributed by atoms with Crippen molar-refractivity contribution in [2.75, 3.05) is 6.26 Å². The Kier molecular flexibility index (Phi) is 3.17. The molecule has 0 saturated heterocycles. The lowest BCUT2D eigenvalue weighted by atomic mass is 9.94. The van der Waals surface area contributed by atoms with E-state index in [-0.39, 0.29) is 5.82 Å². The SMILES string of the molecule is CSN1Cc2c(F)cc(C#N)cc2CC1C. The molecule has 1 heterocycles. The van der Waals surface area contributed by atoms with Crippen molar-refractivity contribution in [1.82, 2.24) is 4.31 Å². The third-order valence-electron chi connectivity index (χ3n) is 2.97. The highest BCUT2D eigenvalue weighted by Crippen LogP contribution is 2.29. The van der Waals surface area contributed by atoms with Gasteiger partial charge in [-0.05, 0) is 37.3 Å². The molecule has 1 aromatic rings. The minimum atomic E-state index is -0.250. The van der Waals surface area contributed by atoms with Gasteiger partial charge in [-0.1, -0.05) is 11.9 Å². The van der Waals surface area contributed by atoms with E-state index < -0.39 is 0 Å². The summed E-state index contributed by atoms with van der Waals surface area (Å²) in [6.45, 7) is 2.74. The van der Waals surface area contributed by atoms with Crippen molar-refractivity contribution in [1.29, 1.82) is 5.26 Å². The van der Waals surface area contributed by atoms with Crippen molar-refractivity contribution in [2.45, 2.75) is 25.9 Å². The van der Waals surface area contributed by atoms with Gasteiger partial charge in [0.15, 0.2) is 0 Å². The van der Waals surface area contributed by atoms with E-state index in [0.29, 0.717) is 18.2 Å². The zero-order valence-corrected chi connectivity index (χ0v) is 10.1. The predicted octanol–water partition coefficient (Wildman–Crippen LogP) is 2.72. The van der Waals surface area contributed by atoms with E-state index in [1.807, 2.05) is 18.4 Å². The smallest absolute Gasteiger partial charge is 0.129 e. The molecule has 0 bridgehead atoms. The molecule has 1 aliphatic heterocycles. The first-order chi connectivity index (χ1) is 7.65. The Balaban J connectivity index is 2.43. The predicted molar refractivity (Wildman–Crippen MR) is 63.3 cm³/mol. The number of nitrogens with zero attached hydrogens (tertiary/aromatic N) is 2. The van der Waals surface area contributed by atoms with E-state index in [0.717, 1.165) is 17.5 Å². The summed E-state index contributed by atoms with van der Waals surface area (Å²) in [6.07, 6.45) is 2.81. The lowest BCUT2D eigenvalue weighted by Crippen LogP contribution is -2.33. The maximum absolute atomic E-state index is 13.8. The Morgan fingerprint density at radius 1 is 1.56 bits per heavy atom. The second-order valence-electron chi connectivity index (χ2n) is 4.02. The topological polar surface area (TPSA) is 27.0 Å². The van der Waals surface area contributed by atoms with Gasteiger partial charge in [0.2, 0.25) is 0 Å². The maximum atomic E-state index is 13.8. The Morgan fingerprint density at radius 2 is 2.31 bits per heavy atom. The van der Waals surface area contributed by atoms with E-state index in [1.165, 1.54) is 6.07 Å². The van der Waals surface area contributed by atoms with E-state index in [4.69, 9.17) is 5.26 Å². The highest BCUT2D eigenvalue weighted by molar-refractivity contribution is 7.96. The van der Waals surface area contributed by atoms with Crippen LogP contribution in [0.25, 0.3) is 0 Å². The molecule has 2 rings (SSSR count). The Bertz CT molecular complexity index is 453. The molecular formula is C12H13FN2S. The van der Waals surface area contributed by atoms with Crippen LogP contribution >= 0.6 is 11.9 Å². The van der Waals surface area contributed by atoms with Crippen LogP contribution in [0.2, 0.25) is 0 Å². The van der Waals surface area contributed by atoms with Crippen LogP contribution in [0.1, 0.15) is 23.6 Å². The summed E-state index contributed by atoms with van der Waals surface area (Å²) in [7, 11) is 0. The second-order valence-corrected chi connectivity index (χ2v) is 4.85. The normalized spacial score (nSPS) is 20.2. The van der Waals surface area contributed by atoms with E-state index in [2.05, 4.69) is 11.2 Å². The number of benzene rings is 1. The first-order valence-corrected chi connectivity index (χ1v) is 6.36. The monoisotopic (exact) mass is 236 g/mol. The van der Waals surface area contributed by atoms with Gasteiger partial charge in [0.25, 0.3) is 0 Å². The minimum absolute atomic E-state index is 0.250. The van der Waals surface area contributed by atoms with Crippen molar-refractivity contribution in [2.24, 2.45) is 0 Å². The van der Waals surface area contributed by atoms with Gasteiger partial charge < -0.3 is 0 Å². The third kappa shape index (κ3) is 1.93.